The molecule has 100 valence electrons. The van der Waals surface area contributed by atoms with Crippen molar-refractivity contribution in [2.75, 3.05) is 23.0 Å². The van der Waals surface area contributed by atoms with Gasteiger partial charge in [0.25, 0.3) is 0 Å². The maximum absolute atomic E-state index is 11.6. The lowest BCUT2D eigenvalue weighted by Crippen LogP contribution is -2.47. The van der Waals surface area contributed by atoms with Crippen LogP contribution >= 0.6 is 0 Å². The van der Waals surface area contributed by atoms with Gasteiger partial charge in [0.05, 0.1) is 11.5 Å². The van der Waals surface area contributed by atoms with Crippen molar-refractivity contribution in [1.29, 1.82) is 0 Å². The summed E-state index contributed by atoms with van der Waals surface area (Å²) in [6, 6.07) is 6.17. The molecule has 1 atom stereocenters. The van der Waals surface area contributed by atoms with Gasteiger partial charge in [-0.05, 0) is 31.0 Å². The van der Waals surface area contributed by atoms with Crippen molar-refractivity contribution in [2.45, 2.75) is 26.4 Å². The number of nitrogens with zero attached hydrogens (tertiary/aromatic N) is 1. The number of benzene rings is 1. The zero-order valence-electron chi connectivity index (χ0n) is 10.9. The van der Waals surface area contributed by atoms with Crippen LogP contribution in [-0.4, -0.2) is 32.5 Å². The monoisotopic (exact) mass is 268 g/mol. The van der Waals surface area contributed by atoms with Crippen LogP contribution in [0.2, 0.25) is 0 Å². The van der Waals surface area contributed by atoms with Crippen molar-refractivity contribution in [3.63, 3.8) is 0 Å². The molecule has 0 aliphatic carbocycles. The highest BCUT2D eigenvalue weighted by Crippen LogP contribution is 2.26. The summed E-state index contributed by atoms with van der Waals surface area (Å²) in [4.78, 5) is 2.18. The van der Waals surface area contributed by atoms with Crippen molar-refractivity contribution < 1.29 is 8.42 Å². The summed E-state index contributed by atoms with van der Waals surface area (Å²) in [6.07, 6.45) is 0. The fourth-order valence-corrected chi connectivity index (χ4v) is 4.08. The Balaban J connectivity index is 2.27. The molecule has 1 unspecified atom stereocenters. The maximum atomic E-state index is 11.6. The van der Waals surface area contributed by atoms with Crippen LogP contribution in [0, 0.1) is 6.92 Å². The molecule has 1 heterocycles. The van der Waals surface area contributed by atoms with Crippen LogP contribution in [0.3, 0.4) is 0 Å². The first-order valence-electron chi connectivity index (χ1n) is 6.19. The third-order valence-electron chi connectivity index (χ3n) is 3.48. The topological polar surface area (TPSA) is 63.4 Å². The Morgan fingerprint density at radius 3 is 2.72 bits per heavy atom. The summed E-state index contributed by atoms with van der Waals surface area (Å²) >= 11 is 0. The summed E-state index contributed by atoms with van der Waals surface area (Å²) in [7, 11) is -2.86. The number of sulfone groups is 1. The Hall–Kier alpha value is -1.07. The summed E-state index contributed by atoms with van der Waals surface area (Å²) < 4.78 is 23.2. The number of rotatable bonds is 2. The normalized spacial score (nSPS) is 23.1. The number of aryl methyl sites for hydroxylation is 1. The molecule has 0 radical (unpaired) electrons. The molecule has 1 aromatic carbocycles. The SMILES string of the molecule is Cc1cc(CN)ccc1N1CCS(=O)(=O)CC1C. The first-order chi connectivity index (χ1) is 8.43. The Morgan fingerprint density at radius 1 is 1.44 bits per heavy atom. The van der Waals surface area contributed by atoms with E-state index < -0.39 is 9.84 Å². The van der Waals surface area contributed by atoms with Gasteiger partial charge in [-0.15, -0.1) is 0 Å². The molecule has 1 fully saturated rings. The molecule has 0 amide bonds. The second-order valence-electron chi connectivity index (χ2n) is 4.98. The van der Waals surface area contributed by atoms with Gasteiger partial charge in [-0.3, -0.25) is 0 Å². The van der Waals surface area contributed by atoms with E-state index in [1.54, 1.807) is 0 Å². The molecular weight excluding hydrogens is 248 g/mol. The summed E-state index contributed by atoms with van der Waals surface area (Å²) in [5.41, 5.74) is 9.00. The van der Waals surface area contributed by atoms with E-state index >= 15 is 0 Å². The van der Waals surface area contributed by atoms with E-state index in [4.69, 9.17) is 5.73 Å². The van der Waals surface area contributed by atoms with E-state index in [0.29, 0.717) is 13.1 Å². The van der Waals surface area contributed by atoms with Crippen LogP contribution < -0.4 is 10.6 Å². The molecule has 0 aromatic heterocycles. The van der Waals surface area contributed by atoms with Crippen LogP contribution in [0.25, 0.3) is 0 Å². The van der Waals surface area contributed by atoms with Crippen molar-refractivity contribution in [1.82, 2.24) is 0 Å². The predicted octanol–water partition coefficient (Wildman–Crippen LogP) is 1.08. The van der Waals surface area contributed by atoms with Gasteiger partial charge in [0, 0.05) is 24.8 Å². The third kappa shape index (κ3) is 2.67. The van der Waals surface area contributed by atoms with Gasteiger partial charge in [-0.25, -0.2) is 8.42 Å². The van der Waals surface area contributed by atoms with Gasteiger partial charge >= 0.3 is 0 Å². The molecule has 1 saturated heterocycles. The van der Waals surface area contributed by atoms with E-state index in [9.17, 15) is 8.42 Å². The lowest BCUT2D eigenvalue weighted by atomic mass is 10.1. The summed E-state index contributed by atoms with van der Waals surface area (Å²) in [6.45, 7) is 5.12. The Morgan fingerprint density at radius 2 is 2.17 bits per heavy atom. The first kappa shape index (κ1) is 13.4. The van der Waals surface area contributed by atoms with E-state index in [1.807, 2.05) is 26.0 Å². The van der Waals surface area contributed by atoms with Crippen molar-refractivity contribution >= 4 is 15.5 Å². The van der Waals surface area contributed by atoms with E-state index in [2.05, 4.69) is 11.0 Å². The number of hydrogen-bond acceptors (Lipinski definition) is 4. The van der Waals surface area contributed by atoms with Gasteiger partial charge in [0.2, 0.25) is 0 Å². The maximum Gasteiger partial charge on any atom is 0.154 e. The van der Waals surface area contributed by atoms with Crippen molar-refractivity contribution in [3.05, 3.63) is 29.3 Å². The second kappa shape index (κ2) is 4.90. The minimum atomic E-state index is -2.86. The van der Waals surface area contributed by atoms with Gasteiger partial charge in [0.15, 0.2) is 9.84 Å². The van der Waals surface area contributed by atoms with E-state index in [-0.39, 0.29) is 17.5 Å². The van der Waals surface area contributed by atoms with Crippen LogP contribution in [0.15, 0.2) is 18.2 Å². The Kier molecular flexibility index (Phi) is 3.64. The Labute approximate surface area is 109 Å². The molecule has 1 aliphatic rings. The minimum absolute atomic E-state index is 0.0335. The molecule has 2 N–H and O–H groups in total. The molecule has 5 heteroatoms. The standard InChI is InChI=1S/C13H20N2O2S/c1-10-7-12(8-14)3-4-13(10)15-5-6-18(16,17)9-11(15)2/h3-4,7,11H,5-6,8-9,14H2,1-2H3. The second-order valence-corrected chi connectivity index (χ2v) is 7.21. The zero-order valence-corrected chi connectivity index (χ0v) is 11.7. The highest BCUT2D eigenvalue weighted by molar-refractivity contribution is 7.91. The fraction of sp³-hybridized carbons (Fsp3) is 0.538. The van der Waals surface area contributed by atoms with Crippen LogP contribution in [0.4, 0.5) is 5.69 Å². The quantitative estimate of drug-likeness (QED) is 0.871. The number of nitrogens with two attached hydrogens (primary N) is 1. The molecular formula is C13H20N2O2S. The lowest BCUT2D eigenvalue weighted by molar-refractivity contribution is 0.568. The smallest absolute Gasteiger partial charge is 0.154 e. The molecule has 0 saturated carbocycles. The average molecular weight is 268 g/mol. The molecule has 1 aromatic rings. The van der Waals surface area contributed by atoms with Crippen molar-refractivity contribution in [2.24, 2.45) is 5.73 Å². The predicted molar refractivity (Wildman–Crippen MR) is 74.5 cm³/mol. The molecule has 2 rings (SSSR count). The van der Waals surface area contributed by atoms with Gasteiger partial charge < -0.3 is 10.6 Å². The van der Waals surface area contributed by atoms with E-state index in [1.165, 1.54) is 0 Å². The molecule has 4 nitrogen and oxygen atoms in total. The molecule has 1 aliphatic heterocycles. The zero-order chi connectivity index (χ0) is 13.3. The van der Waals surface area contributed by atoms with Crippen LogP contribution in [-0.2, 0) is 16.4 Å². The molecule has 0 spiro atoms. The first-order valence-corrected chi connectivity index (χ1v) is 8.02. The lowest BCUT2D eigenvalue weighted by Gasteiger charge is -2.36. The largest absolute Gasteiger partial charge is 0.367 e. The van der Waals surface area contributed by atoms with Crippen LogP contribution in [0.1, 0.15) is 18.1 Å². The number of hydrogen-bond donors (Lipinski definition) is 1. The van der Waals surface area contributed by atoms with Crippen LogP contribution in [0.5, 0.6) is 0 Å². The van der Waals surface area contributed by atoms with Gasteiger partial charge in [0.1, 0.15) is 0 Å². The Bertz CT molecular complexity index is 540. The highest BCUT2D eigenvalue weighted by atomic mass is 32.2. The number of anilines is 1. The average Bonchev–Trinajstić information content (AvgIpc) is 2.29. The highest BCUT2D eigenvalue weighted by Gasteiger charge is 2.28. The van der Waals surface area contributed by atoms with E-state index in [0.717, 1.165) is 16.8 Å². The van der Waals surface area contributed by atoms with Crippen molar-refractivity contribution in [3.8, 4) is 0 Å². The molecule has 0 bridgehead atoms. The molecule has 18 heavy (non-hydrogen) atoms. The summed E-state index contributed by atoms with van der Waals surface area (Å²) in [5.74, 6) is 0.487. The third-order valence-corrected chi connectivity index (χ3v) is 5.27. The van der Waals surface area contributed by atoms with Gasteiger partial charge in [-0.1, -0.05) is 12.1 Å². The van der Waals surface area contributed by atoms with Gasteiger partial charge in [-0.2, -0.15) is 0 Å². The summed E-state index contributed by atoms with van der Waals surface area (Å²) in [5, 5.41) is 0. The minimum Gasteiger partial charge on any atom is -0.367 e. The fourth-order valence-electron chi connectivity index (χ4n) is 2.52.